The number of halogens is 1. The van der Waals surface area contributed by atoms with Crippen LogP contribution < -0.4 is 5.32 Å². The Labute approximate surface area is 158 Å². The highest BCUT2D eigenvalue weighted by Crippen LogP contribution is 2.13. The van der Waals surface area contributed by atoms with E-state index in [9.17, 15) is 9.59 Å². The van der Waals surface area contributed by atoms with Crippen molar-refractivity contribution in [3.8, 4) is 0 Å². The van der Waals surface area contributed by atoms with E-state index in [-0.39, 0.29) is 24.8 Å². The molecule has 7 nitrogen and oxygen atoms in total. The molecule has 1 N–H and O–H groups in total. The third-order valence-corrected chi connectivity index (χ3v) is 4.18. The topological polar surface area (TPSA) is 85.6 Å². The Balaban J connectivity index is 1.69. The Morgan fingerprint density at radius 1 is 1.19 bits per heavy atom. The molecule has 0 aromatic carbocycles. The van der Waals surface area contributed by atoms with Gasteiger partial charge in [-0.1, -0.05) is 0 Å². The summed E-state index contributed by atoms with van der Waals surface area (Å²) in [6.45, 7) is 3.97. The molecule has 3 rings (SSSR count). The fraction of sp³-hybridized carbons (Fsp3) is 0.222. The maximum atomic E-state index is 12.3. The number of imidazole rings is 1. The number of esters is 1. The minimum atomic E-state index is -0.444. The third-order valence-electron chi connectivity index (χ3n) is 3.71. The predicted octanol–water partition coefficient (Wildman–Crippen LogP) is 2.91. The number of ether oxygens (including phenoxy) is 1. The Bertz CT molecular complexity index is 984. The molecule has 0 aliphatic heterocycles. The highest BCUT2D eigenvalue weighted by molar-refractivity contribution is 9.10. The fourth-order valence-corrected chi connectivity index (χ4v) is 2.83. The molecule has 0 saturated heterocycles. The van der Waals surface area contributed by atoms with E-state index in [0.717, 1.165) is 15.8 Å². The number of nitrogens with one attached hydrogen (secondary N) is 1. The Hall–Kier alpha value is -2.74. The predicted molar refractivity (Wildman–Crippen MR) is 99.0 cm³/mol. The van der Waals surface area contributed by atoms with Crippen LogP contribution in [0.4, 0.5) is 0 Å². The van der Waals surface area contributed by atoms with Gasteiger partial charge in [-0.2, -0.15) is 0 Å². The zero-order chi connectivity index (χ0) is 18.7. The van der Waals surface area contributed by atoms with E-state index < -0.39 is 5.97 Å². The van der Waals surface area contributed by atoms with Crippen molar-refractivity contribution >= 4 is 33.5 Å². The van der Waals surface area contributed by atoms with Crippen LogP contribution in [0.15, 0.2) is 41.1 Å². The molecule has 3 heterocycles. The first kappa shape index (κ1) is 18.1. The molecule has 0 bridgehead atoms. The number of hydrogen-bond acceptors (Lipinski definition) is 5. The summed E-state index contributed by atoms with van der Waals surface area (Å²) in [6, 6.07) is 6.85. The van der Waals surface area contributed by atoms with E-state index in [1.165, 1.54) is 6.07 Å². The zero-order valence-electron chi connectivity index (χ0n) is 14.3. The van der Waals surface area contributed by atoms with Crippen LogP contribution in [0.2, 0.25) is 0 Å². The second kappa shape index (κ2) is 7.65. The van der Waals surface area contributed by atoms with Crippen molar-refractivity contribution in [3.05, 3.63) is 63.8 Å². The summed E-state index contributed by atoms with van der Waals surface area (Å²) < 4.78 is 7.78. The van der Waals surface area contributed by atoms with Crippen molar-refractivity contribution in [2.24, 2.45) is 0 Å². The van der Waals surface area contributed by atoms with Crippen LogP contribution in [0.1, 0.15) is 39.2 Å². The van der Waals surface area contributed by atoms with Crippen LogP contribution >= 0.6 is 15.9 Å². The molecule has 1 amide bonds. The second-order valence-electron chi connectivity index (χ2n) is 5.58. The maximum Gasteiger partial charge on any atom is 0.339 e. The normalized spacial score (nSPS) is 10.7. The summed E-state index contributed by atoms with van der Waals surface area (Å²) >= 11 is 3.41. The van der Waals surface area contributed by atoms with Gasteiger partial charge in [-0.3, -0.25) is 4.79 Å². The fourth-order valence-electron chi connectivity index (χ4n) is 2.48. The van der Waals surface area contributed by atoms with Gasteiger partial charge in [0.25, 0.3) is 5.91 Å². The lowest BCUT2D eigenvalue weighted by atomic mass is 10.2. The molecule has 3 aromatic rings. The molecule has 0 radical (unpaired) electrons. The number of carbonyl (C=O) groups is 2. The highest BCUT2D eigenvalue weighted by atomic mass is 79.9. The Morgan fingerprint density at radius 3 is 2.73 bits per heavy atom. The average Bonchev–Trinajstić information content (AvgIpc) is 3.01. The number of rotatable bonds is 5. The van der Waals surface area contributed by atoms with Crippen molar-refractivity contribution in [2.45, 2.75) is 20.4 Å². The molecule has 0 aliphatic carbocycles. The smallest absolute Gasteiger partial charge is 0.339 e. The first-order valence-corrected chi connectivity index (χ1v) is 8.83. The number of fused-ring (bicyclic) bond motifs is 1. The van der Waals surface area contributed by atoms with Crippen molar-refractivity contribution in [3.63, 3.8) is 0 Å². The lowest BCUT2D eigenvalue weighted by molar-refractivity contribution is 0.0524. The molecular formula is C18H17BrN4O3. The van der Waals surface area contributed by atoms with Crippen LogP contribution in [0.5, 0.6) is 0 Å². The largest absolute Gasteiger partial charge is 0.462 e. The van der Waals surface area contributed by atoms with Crippen molar-refractivity contribution in [2.75, 3.05) is 6.61 Å². The van der Waals surface area contributed by atoms with Gasteiger partial charge in [0.15, 0.2) is 0 Å². The summed E-state index contributed by atoms with van der Waals surface area (Å²) in [4.78, 5) is 32.7. The number of hydrogen-bond donors (Lipinski definition) is 1. The molecule has 0 aliphatic rings. The summed E-state index contributed by atoms with van der Waals surface area (Å²) in [5.41, 5.74) is 2.58. The first-order chi connectivity index (χ1) is 12.5. The van der Waals surface area contributed by atoms with E-state index in [4.69, 9.17) is 4.74 Å². The molecule has 0 fully saturated rings. The molecule has 3 aromatic heterocycles. The van der Waals surface area contributed by atoms with Gasteiger partial charge in [-0.15, -0.1) is 0 Å². The van der Waals surface area contributed by atoms with Crippen LogP contribution in [-0.4, -0.2) is 32.9 Å². The highest BCUT2D eigenvalue weighted by Gasteiger charge is 2.15. The van der Waals surface area contributed by atoms with E-state index in [1.54, 1.807) is 19.9 Å². The van der Waals surface area contributed by atoms with Gasteiger partial charge in [-0.05, 0) is 54.0 Å². The van der Waals surface area contributed by atoms with Gasteiger partial charge in [0.2, 0.25) is 0 Å². The molecule has 8 heteroatoms. The molecule has 0 saturated carbocycles. The van der Waals surface area contributed by atoms with E-state index >= 15 is 0 Å². The van der Waals surface area contributed by atoms with Gasteiger partial charge < -0.3 is 14.5 Å². The lowest BCUT2D eigenvalue weighted by Crippen LogP contribution is -2.24. The van der Waals surface area contributed by atoms with Gasteiger partial charge >= 0.3 is 5.97 Å². The van der Waals surface area contributed by atoms with E-state index in [0.29, 0.717) is 11.3 Å². The minimum Gasteiger partial charge on any atom is -0.462 e. The molecule has 134 valence electrons. The van der Waals surface area contributed by atoms with E-state index in [2.05, 4.69) is 31.2 Å². The summed E-state index contributed by atoms with van der Waals surface area (Å²) in [6.07, 6.45) is 3.75. The first-order valence-electron chi connectivity index (χ1n) is 8.04. The van der Waals surface area contributed by atoms with Crippen LogP contribution in [0.3, 0.4) is 0 Å². The van der Waals surface area contributed by atoms with Crippen LogP contribution in [-0.2, 0) is 11.3 Å². The molecular weight excluding hydrogens is 400 g/mol. The number of carbonyl (C=O) groups excluding carboxylic acids is 2. The Morgan fingerprint density at radius 2 is 2.00 bits per heavy atom. The maximum absolute atomic E-state index is 12.3. The Kier molecular flexibility index (Phi) is 5.32. The number of amides is 1. The second-order valence-corrected chi connectivity index (χ2v) is 6.49. The van der Waals surface area contributed by atoms with Gasteiger partial charge in [0, 0.05) is 16.9 Å². The standard InChI is InChI=1S/C18H17BrN4O3/c1-3-26-18(25)14-5-6-15(21-11(14)2)17(24)20-8-13-10-23-9-12(19)4-7-16(23)22-13/h4-7,9-10H,3,8H2,1-2H3,(H,20,24). The van der Waals surface area contributed by atoms with Crippen molar-refractivity contribution in [1.29, 1.82) is 0 Å². The van der Waals surface area contributed by atoms with Gasteiger partial charge in [0.1, 0.15) is 11.3 Å². The number of nitrogens with zero attached hydrogens (tertiary/aromatic N) is 3. The molecule has 0 atom stereocenters. The summed E-state index contributed by atoms with van der Waals surface area (Å²) in [7, 11) is 0. The van der Waals surface area contributed by atoms with Crippen LogP contribution in [0, 0.1) is 6.92 Å². The van der Waals surface area contributed by atoms with Crippen molar-refractivity contribution in [1.82, 2.24) is 19.7 Å². The SMILES string of the molecule is CCOC(=O)c1ccc(C(=O)NCc2cn3cc(Br)ccc3n2)nc1C. The number of aromatic nitrogens is 3. The monoisotopic (exact) mass is 416 g/mol. The minimum absolute atomic E-state index is 0.238. The van der Waals surface area contributed by atoms with Crippen molar-refractivity contribution < 1.29 is 14.3 Å². The number of aryl methyl sites for hydroxylation is 1. The summed E-state index contributed by atoms with van der Waals surface area (Å²) in [5, 5.41) is 2.79. The van der Waals surface area contributed by atoms with Gasteiger partial charge in [0.05, 0.1) is 30.1 Å². The molecule has 26 heavy (non-hydrogen) atoms. The lowest BCUT2D eigenvalue weighted by Gasteiger charge is -2.07. The third kappa shape index (κ3) is 3.91. The zero-order valence-corrected chi connectivity index (χ0v) is 15.9. The van der Waals surface area contributed by atoms with Crippen LogP contribution in [0.25, 0.3) is 5.65 Å². The summed E-state index contributed by atoms with van der Waals surface area (Å²) in [5.74, 6) is -0.776. The van der Waals surface area contributed by atoms with Gasteiger partial charge in [-0.25, -0.2) is 14.8 Å². The average molecular weight is 417 g/mol. The molecule has 0 spiro atoms. The molecule has 0 unspecified atom stereocenters. The number of pyridine rings is 2. The van der Waals surface area contributed by atoms with E-state index in [1.807, 2.05) is 28.9 Å². The quantitative estimate of drug-likeness (QED) is 0.646.